The minimum Gasteiger partial charge on any atom is -0.495 e. The van der Waals surface area contributed by atoms with Gasteiger partial charge >= 0.3 is 0 Å². The van der Waals surface area contributed by atoms with Crippen molar-refractivity contribution in [3.8, 4) is 0 Å². The first-order valence-electron chi connectivity index (χ1n) is 5.23. The van der Waals surface area contributed by atoms with Crippen LogP contribution in [0.2, 0.25) is 0 Å². The molecule has 0 spiro atoms. The van der Waals surface area contributed by atoms with Crippen LogP contribution in [0.1, 0.15) is 25.7 Å². The second-order valence-electron chi connectivity index (χ2n) is 3.76. The van der Waals surface area contributed by atoms with E-state index in [0.29, 0.717) is 0 Å². The van der Waals surface area contributed by atoms with Crippen LogP contribution in [0.3, 0.4) is 0 Å². The number of rotatable bonds is 2. The lowest BCUT2D eigenvalue weighted by atomic mass is 10.1. The molecule has 2 rings (SSSR count). The van der Waals surface area contributed by atoms with Gasteiger partial charge in [0.25, 0.3) is 0 Å². The summed E-state index contributed by atoms with van der Waals surface area (Å²) in [4.78, 5) is 2.29. The highest BCUT2D eigenvalue weighted by Gasteiger charge is 2.22. The highest BCUT2D eigenvalue weighted by molar-refractivity contribution is 5.31. The maximum Gasteiger partial charge on any atom is 0.138 e. The van der Waals surface area contributed by atoms with Crippen LogP contribution in [0.15, 0.2) is 35.9 Å². The molecule has 2 nitrogen and oxygen atoms in total. The SMILES string of the molecule is C=C1CCCN1C1=CCCC=C1OC. The largest absolute Gasteiger partial charge is 0.495 e. The molecule has 1 fully saturated rings. The van der Waals surface area contributed by atoms with Crippen molar-refractivity contribution >= 4 is 0 Å². The second-order valence-corrected chi connectivity index (χ2v) is 3.76. The van der Waals surface area contributed by atoms with Gasteiger partial charge in [0.2, 0.25) is 0 Å². The molecule has 0 atom stereocenters. The van der Waals surface area contributed by atoms with E-state index in [9.17, 15) is 0 Å². The van der Waals surface area contributed by atoms with Crippen LogP contribution in [0, 0.1) is 0 Å². The summed E-state index contributed by atoms with van der Waals surface area (Å²) in [5, 5.41) is 0. The van der Waals surface area contributed by atoms with Crippen molar-refractivity contribution in [2.24, 2.45) is 0 Å². The van der Waals surface area contributed by atoms with E-state index in [0.717, 1.165) is 31.6 Å². The number of ether oxygens (including phenoxy) is 1. The molecule has 1 aliphatic heterocycles. The molecule has 0 aromatic carbocycles. The van der Waals surface area contributed by atoms with Crippen molar-refractivity contribution in [3.05, 3.63) is 35.9 Å². The molecule has 0 saturated carbocycles. The Morgan fingerprint density at radius 2 is 2.14 bits per heavy atom. The summed E-state index contributed by atoms with van der Waals surface area (Å²) in [5.41, 5.74) is 2.45. The Kier molecular flexibility index (Phi) is 2.62. The lowest BCUT2D eigenvalue weighted by Crippen LogP contribution is -2.20. The Bertz CT molecular complexity index is 301. The highest BCUT2D eigenvalue weighted by Crippen LogP contribution is 2.30. The highest BCUT2D eigenvalue weighted by atomic mass is 16.5. The monoisotopic (exact) mass is 191 g/mol. The molecule has 0 amide bonds. The number of likely N-dealkylation sites (tertiary alicyclic amines) is 1. The number of methoxy groups -OCH3 is 1. The molecule has 14 heavy (non-hydrogen) atoms. The van der Waals surface area contributed by atoms with Crippen molar-refractivity contribution < 1.29 is 4.74 Å². The van der Waals surface area contributed by atoms with Crippen molar-refractivity contribution in [1.29, 1.82) is 0 Å². The van der Waals surface area contributed by atoms with Gasteiger partial charge in [-0.15, -0.1) is 0 Å². The zero-order valence-electron chi connectivity index (χ0n) is 8.75. The third kappa shape index (κ3) is 1.57. The summed E-state index contributed by atoms with van der Waals surface area (Å²) in [7, 11) is 1.74. The van der Waals surface area contributed by atoms with Crippen LogP contribution < -0.4 is 0 Å². The third-order valence-corrected chi connectivity index (χ3v) is 2.83. The Hall–Kier alpha value is -1.18. The molecule has 76 valence electrons. The molecule has 0 unspecified atom stereocenters. The van der Waals surface area contributed by atoms with E-state index < -0.39 is 0 Å². The van der Waals surface area contributed by atoms with E-state index in [1.807, 2.05) is 0 Å². The fourth-order valence-corrected chi connectivity index (χ4v) is 2.10. The number of allylic oxidation sites excluding steroid dienone is 3. The Morgan fingerprint density at radius 3 is 2.79 bits per heavy atom. The van der Waals surface area contributed by atoms with Crippen LogP contribution in [-0.2, 0) is 4.74 Å². The predicted molar refractivity (Wildman–Crippen MR) is 57.5 cm³/mol. The van der Waals surface area contributed by atoms with Gasteiger partial charge in [0.15, 0.2) is 0 Å². The fourth-order valence-electron chi connectivity index (χ4n) is 2.10. The zero-order valence-corrected chi connectivity index (χ0v) is 8.75. The van der Waals surface area contributed by atoms with E-state index in [2.05, 4.69) is 23.6 Å². The minimum atomic E-state index is 1.01. The topological polar surface area (TPSA) is 12.5 Å². The summed E-state index contributed by atoms with van der Waals surface area (Å²) in [6.45, 7) is 5.17. The molecule has 1 heterocycles. The lowest BCUT2D eigenvalue weighted by molar-refractivity contribution is 0.273. The molecule has 0 N–H and O–H groups in total. The Balaban J connectivity index is 2.19. The van der Waals surface area contributed by atoms with E-state index in [1.54, 1.807) is 7.11 Å². The summed E-state index contributed by atoms with van der Waals surface area (Å²) in [5.74, 6) is 1.01. The molecule has 0 aromatic rings. The lowest BCUT2D eigenvalue weighted by Gasteiger charge is -2.26. The number of hydrogen-bond acceptors (Lipinski definition) is 2. The molecule has 2 aliphatic rings. The zero-order chi connectivity index (χ0) is 9.97. The predicted octanol–water partition coefficient (Wildman–Crippen LogP) is 2.80. The van der Waals surface area contributed by atoms with Gasteiger partial charge in [-0.1, -0.05) is 12.7 Å². The molecule has 0 radical (unpaired) electrons. The first kappa shape index (κ1) is 9.38. The maximum absolute atomic E-state index is 5.37. The van der Waals surface area contributed by atoms with Crippen molar-refractivity contribution in [2.75, 3.05) is 13.7 Å². The van der Waals surface area contributed by atoms with Crippen LogP contribution >= 0.6 is 0 Å². The quantitative estimate of drug-likeness (QED) is 0.665. The van der Waals surface area contributed by atoms with Gasteiger partial charge in [-0.05, 0) is 31.8 Å². The average Bonchev–Trinajstić information content (AvgIpc) is 2.64. The van der Waals surface area contributed by atoms with Crippen LogP contribution in [0.4, 0.5) is 0 Å². The molecule has 1 aliphatic carbocycles. The fraction of sp³-hybridized carbons (Fsp3) is 0.500. The molecular weight excluding hydrogens is 174 g/mol. The Labute approximate surface area is 85.5 Å². The van der Waals surface area contributed by atoms with Crippen molar-refractivity contribution in [1.82, 2.24) is 4.90 Å². The van der Waals surface area contributed by atoms with Crippen LogP contribution in [0.25, 0.3) is 0 Å². The van der Waals surface area contributed by atoms with Crippen LogP contribution in [-0.4, -0.2) is 18.6 Å². The second kappa shape index (κ2) is 3.91. The van der Waals surface area contributed by atoms with Crippen molar-refractivity contribution in [2.45, 2.75) is 25.7 Å². The third-order valence-electron chi connectivity index (χ3n) is 2.83. The van der Waals surface area contributed by atoms with E-state index in [-0.39, 0.29) is 0 Å². The molecular formula is C12H17NO. The number of nitrogens with zero attached hydrogens (tertiary/aromatic N) is 1. The Morgan fingerprint density at radius 1 is 1.36 bits per heavy atom. The van der Waals surface area contributed by atoms with Gasteiger partial charge < -0.3 is 9.64 Å². The van der Waals surface area contributed by atoms with Gasteiger partial charge in [-0.2, -0.15) is 0 Å². The van der Waals surface area contributed by atoms with Gasteiger partial charge in [0, 0.05) is 12.2 Å². The summed E-state index contributed by atoms with van der Waals surface area (Å²) >= 11 is 0. The first-order valence-corrected chi connectivity index (χ1v) is 5.23. The number of hydrogen-bond donors (Lipinski definition) is 0. The molecule has 2 heteroatoms. The smallest absolute Gasteiger partial charge is 0.138 e. The molecule has 1 saturated heterocycles. The standard InChI is InChI=1S/C12H17NO/c1-10-6-5-9-13(10)11-7-3-4-8-12(11)14-2/h7-8H,1,3-6,9H2,2H3. The maximum atomic E-state index is 5.37. The minimum absolute atomic E-state index is 1.01. The van der Waals surface area contributed by atoms with Gasteiger partial charge in [-0.3, -0.25) is 0 Å². The first-order chi connectivity index (χ1) is 6.83. The van der Waals surface area contributed by atoms with Crippen molar-refractivity contribution in [3.63, 3.8) is 0 Å². The normalized spacial score (nSPS) is 22.1. The van der Waals surface area contributed by atoms with Gasteiger partial charge in [0.05, 0.1) is 12.8 Å². The van der Waals surface area contributed by atoms with E-state index in [4.69, 9.17) is 4.74 Å². The van der Waals surface area contributed by atoms with E-state index >= 15 is 0 Å². The van der Waals surface area contributed by atoms with Gasteiger partial charge in [0.1, 0.15) is 5.76 Å². The van der Waals surface area contributed by atoms with Gasteiger partial charge in [-0.25, -0.2) is 0 Å². The average molecular weight is 191 g/mol. The van der Waals surface area contributed by atoms with Crippen LogP contribution in [0.5, 0.6) is 0 Å². The summed E-state index contributed by atoms with van der Waals surface area (Å²) in [6.07, 6.45) is 8.97. The molecule has 0 aromatic heterocycles. The summed E-state index contributed by atoms with van der Waals surface area (Å²) in [6, 6.07) is 0. The molecule has 0 bridgehead atoms. The summed E-state index contributed by atoms with van der Waals surface area (Å²) < 4.78 is 5.37. The van der Waals surface area contributed by atoms with E-state index in [1.165, 1.54) is 17.8 Å².